The van der Waals surface area contributed by atoms with E-state index in [9.17, 15) is 0 Å². The summed E-state index contributed by atoms with van der Waals surface area (Å²) in [5, 5.41) is 12.3. The molecule has 5 heteroatoms. The molecule has 0 fully saturated rings. The van der Waals surface area contributed by atoms with Gasteiger partial charge in [-0.15, -0.1) is 10.2 Å². The summed E-state index contributed by atoms with van der Waals surface area (Å²) in [4.78, 5) is 0. The molecule has 18 heavy (non-hydrogen) atoms. The first-order valence-electron chi connectivity index (χ1n) is 6.12. The lowest BCUT2D eigenvalue weighted by molar-refractivity contribution is 0.929. The predicted molar refractivity (Wildman–Crippen MR) is 79.6 cm³/mol. The standard InChI is InChI=1S/C13H17N3S2/c1-2-14-12-15-16-13(18-12)17-10-6-9-11-7-4-3-5-8-11/h3-5,7-8H,2,6,9-10H2,1H3,(H,14,15). The van der Waals surface area contributed by atoms with E-state index >= 15 is 0 Å². The number of hydrogen-bond acceptors (Lipinski definition) is 5. The number of rotatable bonds is 7. The van der Waals surface area contributed by atoms with Gasteiger partial charge < -0.3 is 5.32 Å². The van der Waals surface area contributed by atoms with Crippen molar-refractivity contribution in [2.24, 2.45) is 0 Å². The average molecular weight is 279 g/mol. The Hall–Kier alpha value is -1.07. The van der Waals surface area contributed by atoms with Crippen molar-refractivity contribution in [3.63, 3.8) is 0 Å². The van der Waals surface area contributed by atoms with Crippen molar-refractivity contribution < 1.29 is 0 Å². The molecule has 0 aliphatic heterocycles. The van der Waals surface area contributed by atoms with Crippen molar-refractivity contribution in [1.29, 1.82) is 0 Å². The molecule has 1 heterocycles. The van der Waals surface area contributed by atoms with Gasteiger partial charge in [-0.1, -0.05) is 53.4 Å². The van der Waals surface area contributed by atoms with Crippen molar-refractivity contribution in [1.82, 2.24) is 10.2 Å². The van der Waals surface area contributed by atoms with E-state index in [1.165, 1.54) is 12.0 Å². The van der Waals surface area contributed by atoms with E-state index in [0.29, 0.717) is 0 Å². The topological polar surface area (TPSA) is 37.8 Å². The molecule has 0 aliphatic carbocycles. The molecule has 0 saturated heterocycles. The molecule has 1 N–H and O–H groups in total. The summed E-state index contributed by atoms with van der Waals surface area (Å²) in [6.07, 6.45) is 2.30. The molecular weight excluding hydrogens is 262 g/mol. The lowest BCUT2D eigenvalue weighted by atomic mass is 10.1. The molecule has 1 aromatic heterocycles. The Bertz CT molecular complexity index is 456. The van der Waals surface area contributed by atoms with Crippen LogP contribution in [0, 0.1) is 0 Å². The minimum Gasteiger partial charge on any atom is -0.360 e. The van der Waals surface area contributed by atoms with Gasteiger partial charge in [-0.05, 0) is 25.3 Å². The average Bonchev–Trinajstić information content (AvgIpc) is 2.84. The zero-order valence-corrected chi connectivity index (χ0v) is 12.1. The number of nitrogens with one attached hydrogen (secondary N) is 1. The first-order chi connectivity index (χ1) is 8.88. The number of benzene rings is 1. The highest BCUT2D eigenvalue weighted by atomic mass is 32.2. The van der Waals surface area contributed by atoms with E-state index in [4.69, 9.17) is 0 Å². The molecule has 0 radical (unpaired) electrons. The Labute approximate surface area is 116 Å². The fraction of sp³-hybridized carbons (Fsp3) is 0.385. The van der Waals surface area contributed by atoms with Gasteiger partial charge in [0.05, 0.1) is 0 Å². The van der Waals surface area contributed by atoms with Crippen LogP contribution in [0.3, 0.4) is 0 Å². The van der Waals surface area contributed by atoms with Gasteiger partial charge in [-0.3, -0.25) is 0 Å². The Morgan fingerprint density at radius 3 is 2.83 bits per heavy atom. The molecule has 3 nitrogen and oxygen atoms in total. The molecule has 0 amide bonds. The van der Waals surface area contributed by atoms with Crippen molar-refractivity contribution >= 4 is 28.2 Å². The molecule has 0 bridgehead atoms. The van der Waals surface area contributed by atoms with Crippen LogP contribution < -0.4 is 5.32 Å². The van der Waals surface area contributed by atoms with Gasteiger partial charge in [0, 0.05) is 12.3 Å². The summed E-state index contributed by atoms with van der Waals surface area (Å²) in [5.74, 6) is 1.09. The van der Waals surface area contributed by atoms with Crippen LogP contribution in [0.15, 0.2) is 34.7 Å². The number of anilines is 1. The van der Waals surface area contributed by atoms with Crippen LogP contribution in [-0.4, -0.2) is 22.5 Å². The molecule has 0 atom stereocenters. The Morgan fingerprint density at radius 2 is 2.06 bits per heavy atom. The molecule has 0 spiro atoms. The van der Waals surface area contributed by atoms with E-state index in [0.717, 1.165) is 28.2 Å². The second kappa shape index (κ2) is 7.38. The van der Waals surface area contributed by atoms with Gasteiger partial charge in [0.1, 0.15) is 0 Å². The molecule has 2 rings (SSSR count). The van der Waals surface area contributed by atoms with E-state index in [1.807, 2.05) is 0 Å². The van der Waals surface area contributed by atoms with Gasteiger partial charge in [0.2, 0.25) is 5.13 Å². The summed E-state index contributed by atoms with van der Waals surface area (Å²) >= 11 is 3.42. The van der Waals surface area contributed by atoms with Crippen molar-refractivity contribution in [3.8, 4) is 0 Å². The van der Waals surface area contributed by atoms with Gasteiger partial charge in [0.25, 0.3) is 0 Å². The summed E-state index contributed by atoms with van der Waals surface area (Å²) < 4.78 is 1.05. The molecule has 1 aromatic carbocycles. The Balaban J connectivity index is 1.68. The molecule has 0 unspecified atom stereocenters. The minimum atomic E-state index is 0.896. The fourth-order valence-electron chi connectivity index (χ4n) is 1.57. The molecule has 0 saturated carbocycles. The molecular formula is C13H17N3S2. The fourth-order valence-corrected chi connectivity index (χ4v) is 3.40. The predicted octanol–water partition coefficient (Wildman–Crippen LogP) is 3.69. The van der Waals surface area contributed by atoms with Crippen LogP contribution in [0.4, 0.5) is 5.13 Å². The maximum atomic E-state index is 4.15. The van der Waals surface area contributed by atoms with Gasteiger partial charge in [0.15, 0.2) is 4.34 Å². The van der Waals surface area contributed by atoms with Crippen molar-refractivity contribution in [2.45, 2.75) is 24.1 Å². The molecule has 2 aromatic rings. The van der Waals surface area contributed by atoms with E-state index in [-0.39, 0.29) is 0 Å². The molecule has 96 valence electrons. The quantitative estimate of drug-likeness (QED) is 0.619. The first kappa shape index (κ1) is 13.4. The van der Waals surface area contributed by atoms with Crippen LogP contribution in [0.1, 0.15) is 18.9 Å². The third-order valence-electron chi connectivity index (χ3n) is 2.41. The van der Waals surface area contributed by atoms with E-state index in [2.05, 4.69) is 52.8 Å². The summed E-state index contributed by atoms with van der Waals surface area (Å²) in [5.41, 5.74) is 1.41. The number of aryl methyl sites for hydroxylation is 1. The third-order valence-corrected chi connectivity index (χ3v) is 4.51. The van der Waals surface area contributed by atoms with Crippen LogP contribution in [0.5, 0.6) is 0 Å². The smallest absolute Gasteiger partial charge is 0.206 e. The molecule has 0 aliphatic rings. The second-order valence-electron chi connectivity index (χ2n) is 3.84. The summed E-state index contributed by atoms with van der Waals surface area (Å²) in [6, 6.07) is 10.6. The Kier molecular flexibility index (Phi) is 5.48. The van der Waals surface area contributed by atoms with Crippen LogP contribution >= 0.6 is 23.1 Å². The SMILES string of the molecule is CCNc1nnc(SCCCc2ccccc2)s1. The van der Waals surface area contributed by atoms with E-state index < -0.39 is 0 Å². The maximum absolute atomic E-state index is 4.15. The third kappa shape index (κ3) is 4.31. The van der Waals surface area contributed by atoms with Gasteiger partial charge >= 0.3 is 0 Å². The largest absolute Gasteiger partial charge is 0.360 e. The highest BCUT2D eigenvalue weighted by Crippen LogP contribution is 2.26. The first-order valence-corrected chi connectivity index (χ1v) is 7.93. The summed E-state index contributed by atoms with van der Waals surface area (Å²) in [6.45, 7) is 2.96. The normalized spacial score (nSPS) is 10.5. The number of hydrogen-bond donors (Lipinski definition) is 1. The second-order valence-corrected chi connectivity index (χ2v) is 6.16. The van der Waals surface area contributed by atoms with Crippen LogP contribution in [0.2, 0.25) is 0 Å². The van der Waals surface area contributed by atoms with Crippen molar-refractivity contribution in [3.05, 3.63) is 35.9 Å². The number of nitrogens with zero attached hydrogens (tertiary/aromatic N) is 2. The zero-order valence-electron chi connectivity index (χ0n) is 10.4. The van der Waals surface area contributed by atoms with Crippen molar-refractivity contribution in [2.75, 3.05) is 17.6 Å². The van der Waals surface area contributed by atoms with Gasteiger partial charge in [-0.25, -0.2) is 0 Å². The monoisotopic (exact) mass is 279 g/mol. The van der Waals surface area contributed by atoms with Crippen LogP contribution in [-0.2, 0) is 6.42 Å². The van der Waals surface area contributed by atoms with Crippen LogP contribution in [0.25, 0.3) is 0 Å². The minimum absolute atomic E-state index is 0.896. The maximum Gasteiger partial charge on any atom is 0.206 e. The highest BCUT2D eigenvalue weighted by Gasteiger charge is 2.03. The highest BCUT2D eigenvalue weighted by molar-refractivity contribution is 8.01. The van der Waals surface area contributed by atoms with Gasteiger partial charge in [-0.2, -0.15) is 0 Å². The number of thioether (sulfide) groups is 1. The Morgan fingerprint density at radius 1 is 1.22 bits per heavy atom. The lowest BCUT2D eigenvalue weighted by Gasteiger charge is -1.99. The lowest BCUT2D eigenvalue weighted by Crippen LogP contribution is -1.94. The summed E-state index contributed by atoms with van der Waals surface area (Å²) in [7, 11) is 0. The zero-order chi connectivity index (χ0) is 12.6. The van der Waals surface area contributed by atoms with E-state index in [1.54, 1.807) is 23.1 Å². The number of aromatic nitrogens is 2.